The normalized spacial score (nSPS) is 22.3. The smallest absolute Gasteiger partial charge is 0.295 e. The Balaban J connectivity index is 1.74. The van der Waals surface area contributed by atoms with Gasteiger partial charge in [0.25, 0.3) is 11.7 Å². The van der Waals surface area contributed by atoms with Gasteiger partial charge in [-0.2, -0.15) is 0 Å². The average Bonchev–Trinajstić information content (AvgIpc) is 3.41. The number of likely N-dealkylation sites (tertiary alicyclic amines) is 1. The molecule has 2 fully saturated rings. The molecule has 0 aromatic heterocycles. The van der Waals surface area contributed by atoms with Crippen LogP contribution in [0.2, 0.25) is 0 Å². The van der Waals surface area contributed by atoms with Crippen LogP contribution in [0.4, 0.5) is 0 Å². The van der Waals surface area contributed by atoms with Gasteiger partial charge in [-0.3, -0.25) is 9.59 Å². The lowest BCUT2D eigenvalue weighted by Gasteiger charge is -2.27. The van der Waals surface area contributed by atoms with Gasteiger partial charge in [0, 0.05) is 18.7 Å². The van der Waals surface area contributed by atoms with Crippen LogP contribution in [0.25, 0.3) is 5.76 Å². The number of hydrogen-bond donors (Lipinski definition) is 1. The molecular weight excluding hydrogens is 406 g/mol. The van der Waals surface area contributed by atoms with Gasteiger partial charge in [0.1, 0.15) is 18.1 Å². The molecule has 0 aliphatic carbocycles. The highest BCUT2D eigenvalue weighted by atomic mass is 16.5. The summed E-state index contributed by atoms with van der Waals surface area (Å²) in [6, 6.07) is 13.8. The number of aliphatic hydroxyl groups is 1. The van der Waals surface area contributed by atoms with E-state index in [1.807, 2.05) is 31.2 Å². The molecule has 2 saturated heterocycles. The van der Waals surface area contributed by atoms with Gasteiger partial charge < -0.3 is 19.5 Å². The zero-order valence-corrected chi connectivity index (χ0v) is 18.1. The van der Waals surface area contributed by atoms with E-state index >= 15 is 0 Å². The van der Waals surface area contributed by atoms with Crippen molar-refractivity contribution in [3.05, 3.63) is 83.4 Å². The fourth-order valence-electron chi connectivity index (χ4n) is 4.19. The Bertz CT molecular complexity index is 1030. The SMILES string of the molecule is C=CCOc1ccc(C(O)=C2C(=O)C(=O)N(C[C@@H]3CCCO3)[C@@H]2c2ccc(C)cc2)cc1. The van der Waals surface area contributed by atoms with Gasteiger partial charge in [0.2, 0.25) is 0 Å². The number of ketones is 1. The van der Waals surface area contributed by atoms with Crippen molar-refractivity contribution in [3.63, 3.8) is 0 Å². The molecule has 2 atom stereocenters. The second kappa shape index (κ2) is 9.40. The second-order valence-electron chi connectivity index (χ2n) is 8.12. The minimum absolute atomic E-state index is 0.0941. The van der Waals surface area contributed by atoms with Crippen LogP contribution in [-0.4, -0.2) is 47.6 Å². The third-order valence-corrected chi connectivity index (χ3v) is 5.85. The fourth-order valence-corrected chi connectivity index (χ4v) is 4.19. The van der Waals surface area contributed by atoms with Crippen LogP contribution in [0.15, 0.2) is 66.8 Å². The maximum atomic E-state index is 13.1. The Kier molecular flexibility index (Phi) is 6.42. The van der Waals surface area contributed by atoms with Crippen LogP contribution in [0.1, 0.15) is 35.6 Å². The van der Waals surface area contributed by atoms with Crippen LogP contribution >= 0.6 is 0 Å². The molecule has 1 amide bonds. The molecule has 6 nitrogen and oxygen atoms in total. The van der Waals surface area contributed by atoms with E-state index in [0.717, 1.165) is 24.0 Å². The number of ether oxygens (including phenoxy) is 2. The molecule has 6 heteroatoms. The predicted octanol–water partition coefficient (Wildman–Crippen LogP) is 4.16. The molecule has 0 bridgehead atoms. The third kappa shape index (κ3) is 4.32. The van der Waals surface area contributed by atoms with Gasteiger partial charge in [0.05, 0.1) is 17.7 Å². The maximum Gasteiger partial charge on any atom is 0.295 e. The molecule has 2 aromatic rings. The van der Waals surface area contributed by atoms with E-state index < -0.39 is 17.7 Å². The van der Waals surface area contributed by atoms with E-state index in [0.29, 0.717) is 31.1 Å². The number of aliphatic hydroxyl groups excluding tert-OH is 1. The number of carbonyl (C=O) groups is 2. The van der Waals surface area contributed by atoms with Crippen LogP contribution in [0.3, 0.4) is 0 Å². The molecule has 0 unspecified atom stereocenters. The number of benzene rings is 2. The largest absolute Gasteiger partial charge is 0.507 e. The van der Waals surface area contributed by atoms with Gasteiger partial charge in [-0.1, -0.05) is 42.5 Å². The first-order chi connectivity index (χ1) is 15.5. The van der Waals surface area contributed by atoms with Crippen LogP contribution in [0.5, 0.6) is 5.75 Å². The van der Waals surface area contributed by atoms with Crippen LogP contribution in [-0.2, 0) is 14.3 Å². The molecular formula is C26H27NO5. The number of hydrogen-bond acceptors (Lipinski definition) is 5. The van der Waals surface area contributed by atoms with E-state index in [2.05, 4.69) is 6.58 Å². The summed E-state index contributed by atoms with van der Waals surface area (Å²) in [5, 5.41) is 11.1. The van der Waals surface area contributed by atoms with E-state index in [1.54, 1.807) is 30.3 Å². The number of carbonyl (C=O) groups excluding carboxylic acids is 2. The Morgan fingerprint density at radius 2 is 1.91 bits per heavy atom. The summed E-state index contributed by atoms with van der Waals surface area (Å²) in [6.07, 6.45) is 3.31. The van der Waals surface area contributed by atoms with E-state index in [9.17, 15) is 14.7 Å². The van der Waals surface area contributed by atoms with Gasteiger partial charge in [-0.05, 0) is 49.6 Å². The molecule has 166 valence electrons. The number of Topliss-reactive ketones (excluding diaryl/α,β-unsaturated/α-hetero) is 1. The van der Waals surface area contributed by atoms with Crippen LogP contribution in [0, 0.1) is 6.92 Å². The summed E-state index contributed by atoms with van der Waals surface area (Å²) in [4.78, 5) is 27.6. The predicted molar refractivity (Wildman–Crippen MR) is 121 cm³/mol. The average molecular weight is 434 g/mol. The van der Waals surface area contributed by atoms with Crippen LogP contribution < -0.4 is 4.74 Å². The second-order valence-corrected chi connectivity index (χ2v) is 8.12. The van der Waals surface area contributed by atoms with Gasteiger partial charge in [-0.25, -0.2) is 0 Å². The summed E-state index contributed by atoms with van der Waals surface area (Å²) < 4.78 is 11.2. The first kappa shape index (κ1) is 21.8. The van der Waals surface area contributed by atoms with Crippen molar-refractivity contribution in [3.8, 4) is 5.75 Å². The lowest BCUT2D eigenvalue weighted by molar-refractivity contribution is -0.140. The zero-order chi connectivity index (χ0) is 22.7. The summed E-state index contributed by atoms with van der Waals surface area (Å²) >= 11 is 0. The number of nitrogens with zero attached hydrogens (tertiary/aromatic N) is 1. The molecule has 32 heavy (non-hydrogen) atoms. The van der Waals surface area contributed by atoms with Gasteiger partial charge in [0.15, 0.2) is 0 Å². The molecule has 1 N–H and O–H groups in total. The third-order valence-electron chi connectivity index (χ3n) is 5.85. The molecule has 4 rings (SSSR count). The number of rotatable bonds is 7. The highest BCUT2D eigenvalue weighted by molar-refractivity contribution is 6.46. The van der Waals surface area contributed by atoms with Gasteiger partial charge in [-0.15, -0.1) is 0 Å². The van der Waals surface area contributed by atoms with Crippen molar-refractivity contribution in [2.45, 2.75) is 31.9 Å². The van der Waals surface area contributed by atoms with Crippen molar-refractivity contribution in [2.24, 2.45) is 0 Å². The number of amides is 1. The summed E-state index contributed by atoms with van der Waals surface area (Å²) in [5.74, 6) is -0.869. The highest BCUT2D eigenvalue weighted by Gasteiger charge is 2.47. The molecule has 2 heterocycles. The summed E-state index contributed by atoms with van der Waals surface area (Å²) in [6.45, 7) is 6.93. The Labute approximate surface area is 187 Å². The van der Waals surface area contributed by atoms with Crippen molar-refractivity contribution in [1.29, 1.82) is 0 Å². The lowest BCUT2D eigenvalue weighted by Crippen LogP contribution is -2.36. The van der Waals surface area contributed by atoms with Crippen molar-refractivity contribution >= 4 is 17.4 Å². The van der Waals surface area contributed by atoms with Crippen molar-refractivity contribution in [1.82, 2.24) is 4.90 Å². The molecule has 0 saturated carbocycles. The molecule has 0 spiro atoms. The monoisotopic (exact) mass is 433 g/mol. The molecule has 0 radical (unpaired) electrons. The fraction of sp³-hybridized carbons (Fsp3) is 0.308. The first-order valence-corrected chi connectivity index (χ1v) is 10.8. The minimum Gasteiger partial charge on any atom is -0.507 e. The number of aryl methyl sites for hydroxylation is 1. The van der Waals surface area contributed by atoms with Crippen molar-refractivity contribution in [2.75, 3.05) is 19.8 Å². The molecule has 2 aliphatic rings. The van der Waals surface area contributed by atoms with E-state index in [1.165, 1.54) is 4.90 Å². The Morgan fingerprint density at radius 3 is 2.53 bits per heavy atom. The standard InChI is InChI=1S/C26H27NO5/c1-3-14-31-20-12-10-19(11-13-20)24(28)22-23(18-8-6-17(2)7-9-18)27(26(30)25(22)29)16-21-5-4-15-32-21/h3,6-13,21,23,28H,1,4-5,14-16H2,2H3/t21-,23+/m0/s1. The topological polar surface area (TPSA) is 76.1 Å². The lowest BCUT2D eigenvalue weighted by atomic mass is 9.94. The molecule has 2 aromatic carbocycles. The van der Waals surface area contributed by atoms with Gasteiger partial charge >= 0.3 is 0 Å². The maximum absolute atomic E-state index is 13.1. The van der Waals surface area contributed by atoms with Crippen molar-refractivity contribution < 1.29 is 24.2 Å². The van der Waals surface area contributed by atoms with E-state index in [4.69, 9.17) is 9.47 Å². The quantitative estimate of drug-likeness (QED) is 0.307. The Hall–Kier alpha value is -3.38. The Morgan fingerprint density at radius 1 is 1.19 bits per heavy atom. The summed E-state index contributed by atoms with van der Waals surface area (Å²) in [5.41, 5.74) is 2.39. The molecule has 2 aliphatic heterocycles. The van der Waals surface area contributed by atoms with E-state index in [-0.39, 0.29) is 17.4 Å². The minimum atomic E-state index is -0.682. The first-order valence-electron chi connectivity index (χ1n) is 10.8. The summed E-state index contributed by atoms with van der Waals surface area (Å²) in [7, 11) is 0. The zero-order valence-electron chi connectivity index (χ0n) is 18.1. The highest BCUT2D eigenvalue weighted by Crippen LogP contribution is 2.40.